The van der Waals surface area contributed by atoms with Crippen molar-refractivity contribution in [2.24, 2.45) is 0 Å². The molecule has 0 aliphatic heterocycles. The van der Waals surface area contributed by atoms with Gasteiger partial charge in [0.15, 0.2) is 6.10 Å². The van der Waals surface area contributed by atoms with E-state index >= 15 is 0 Å². The van der Waals surface area contributed by atoms with Crippen LogP contribution in [0, 0.1) is 0 Å². The first-order chi connectivity index (χ1) is 40.5. The number of carbonyl (C=O) groups excluding carboxylic acids is 3. The van der Waals surface area contributed by atoms with Crippen LogP contribution in [0.15, 0.2) is 12.2 Å². The van der Waals surface area contributed by atoms with E-state index in [2.05, 4.69) is 32.9 Å². The van der Waals surface area contributed by atoms with Gasteiger partial charge >= 0.3 is 17.9 Å². The number of allylic oxidation sites excluding steroid dienone is 2. The van der Waals surface area contributed by atoms with Crippen LogP contribution in [0.2, 0.25) is 0 Å². The Morgan fingerprint density at radius 2 is 0.402 bits per heavy atom. The lowest BCUT2D eigenvalue weighted by Crippen LogP contribution is -2.30. The molecule has 0 N–H and O–H groups in total. The summed E-state index contributed by atoms with van der Waals surface area (Å²) in [6.45, 7) is 6.69. The quantitative estimate of drug-likeness (QED) is 0.0261. The first-order valence-corrected chi connectivity index (χ1v) is 37.7. The molecule has 6 heteroatoms. The van der Waals surface area contributed by atoms with Crippen molar-refractivity contribution in [3.8, 4) is 0 Å². The van der Waals surface area contributed by atoms with Crippen molar-refractivity contribution < 1.29 is 28.6 Å². The minimum absolute atomic E-state index is 0.0629. The average molecular weight is 1160 g/mol. The third kappa shape index (κ3) is 68.9. The molecule has 0 spiro atoms. The lowest BCUT2D eigenvalue weighted by molar-refractivity contribution is -0.167. The highest BCUT2D eigenvalue weighted by Gasteiger charge is 2.20. The molecule has 82 heavy (non-hydrogen) atoms. The first kappa shape index (κ1) is 80.2. The second kappa shape index (κ2) is 71.6. The molecule has 0 radical (unpaired) electrons. The molecule has 0 saturated heterocycles. The summed E-state index contributed by atoms with van der Waals surface area (Å²) in [5, 5.41) is 0. The predicted molar refractivity (Wildman–Crippen MR) is 358 cm³/mol. The number of carbonyl (C=O) groups is 3. The van der Waals surface area contributed by atoms with E-state index < -0.39 is 6.10 Å². The Labute approximate surface area is 513 Å². The van der Waals surface area contributed by atoms with Crippen LogP contribution in [0.5, 0.6) is 0 Å². The van der Waals surface area contributed by atoms with Crippen molar-refractivity contribution in [1.29, 1.82) is 0 Å². The largest absolute Gasteiger partial charge is 0.462 e. The van der Waals surface area contributed by atoms with Gasteiger partial charge in [0.25, 0.3) is 0 Å². The summed E-state index contributed by atoms with van der Waals surface area (Å²) in [5.41, 5.74) is 0. The van der Waals surface area contributed by atoms with Crippen LogP contribution in [0.1, 0.15) is 438 Å². The Balaban J connectivity index is 3.96. The molecule has 0 fully saturated rings. The normalized spacial score (nSPS) is 12.0. The molecular formula is C76H146O6. The van der Waals surface area contributed by atoms with Gasteiger partial charge in [-0.25, -0.2) is 0 Å². The summed E-state index contributed by atoms with van der Waals surface area (Å²) in [5.74, 6) is -0.835. The fraction of sp³-hybridized carbons (Fsp3) is 0.934. The van der Waals surface area contributed by atoms with Gasteiger partial charge in [-0.1, -0.05) is 386 Å². The maximum atomic E-state index is 12.9. The minimum Gasteiger partial charge on any atom is -0.462 e. The van der Waals surface area contributed by atoms with Crippen LogP contribution in [0.25, 0.3) is 0 Å². The average Bonchev–Trinajstić information content (AvgIpc) is 3.48. The Hall–Kier alpha value is -1.85. The number of esters is 3. The first-order valence-electron chi connectivity index (χ1n) is 37.7. The van der Waals surface area contributed by atoms with Crippen molar-refractivity contribution in [2.45, 2.75) is 444 Å². The van der Waals surface area contributed by atoms with Crippen LogP contribution >= 0.6 is 0 Å². The van der Waals surface area contributed by atoms with Crippen LogP contribution in [0.4, 0.5) is 0 Å². The van der Waals surface area contributed by atoms with E-state index in [-0.39, 0.29) is 31.1 Å². The molecule has 0 heterocycles. The van der Waals surface area contributed by atoms with E-state index in [1.807, 2.05) is 0 Å². The fourth-order valence-electron chi connectivity index (χ4n) is 11.9. The molecule has 0 saturated carbocycles. The zero-order chi connectivity index (χ0) is 59.2. The highest BCUT2D eigenvalue weighted by molar-refractivity contribution is 5.71. The Morgan fingerprint density at radius 3 is 0.610 bits per heavy atom. The van der Waals surface area contributed by atoms with E-state index in [0.717, 1.165) is 57.8 Å². The summed E-state index contributed by atoms with van der Waals surface area (Å²) >= 11 is 0. The maximum absolute atomic E-state index is 12.9. The van der Waals surface area contributed by atoms with Gasteiger partial charge in [0.1, 0.15) is 13.2 Å². The van der Waals surface area contributed by atoms with Gasteiger partial charge in [-0.2, -0.15) is 0 Å². The van der Waals surface area contributed by atoms with Gasteiger partial charge in [-0.05, 0) is 44.9 Å². The summed E-state index contributed by atoms with van der Waals surface area (Å²) in [7, 11) is 0. The molecule has 0 aromatic rings. The molecule has 1 atom stereocenters. The SMILES string of the molecule is CCCCCCCCCC/C=C\CCCCCCCCCCCCCCCCCCCC(=O)OCC(COC(=O)CCCCCCCCC)OC(=O)CCCCCCCCCCCCCCCCCCCCCCCCCCCCCC. The second-order valence-electron chi connectivity index (χ2n) is 25.9. The van der Waals surface area contributed by atoms with E-state index in [1.165, 1.54) is 340 Å². The highest BCUT2D eigenvalue weighted by atomic mass is 16.6. The number of ether oxygens (including phenoxy) is 3. The van der Waals surface area contributed by atoms with Gasteiger partial charge < -0.3 is 14.2 Å². The monoisotopic (exact) mass is 1160 g/mol. The Kier molecular flexibility index (Phi) is 70.0. The van der Waals surface area contributed by atoms with E-state index in [1.54, 1.807) is 0 Å². The van der Waals surface area contributed by atoms with Crippen molar-refractivity contribution in [3.63, 3.8) is 0 Å². The molecule has 0 aromatic carbocycles. The number of hydrogen-bond donors (Lipinski definition) is 0. The van der Waals surface area contributed by atoms with Crippen LogP contribution < -0.4 is 0 Å². The second-order valence-corrected chi connectivity index (χ2v) is 25.9. The Bertz CT molecular complexity index is 1280. The summed E-state index contributed by atoms with van der Waals surface area (Å²) < 4.78 is 16.9. The van der Waals surface area contributed by atoms with Gasteiger partial charge in [0.2, 0.25) is 0 Å². The van der Waals surface area contributed by atoms with Gasteiger partial charge in [-0.3, -0.25) is 14.4 Å². The molecule has 0 aliphatic rings. The van der Waals surface area contributed by atoms with Crippen molar-refractivity contribution in [1.82, 2.24) is 0 Å². The third-order valence-electron chi connectivity index (χ3n) is 17.5. The molecule has 0 aliphatic carbocycles. The lowest BCUT2D eigenvalue weighted by atomic mass is 10.0. The fourth-order valence-corrected chi connectivity index (χ4v) is 11.9. The lowest BCUT2D eigenvalue weighted by Gasteiger charge is -2.18. The highest BCUT2D eigenvalue weighted by Crippen LogP contribution is 2.20. The third-order valence-corrected chi connectivity index (χ3v) is 17.5. The standard InChI is InChI=1S/C76H146O6/c1-4-7-10-13-16-18-20-22-24-26-28-30-32-34-36-38-40-41-43-45-47-49-51-53-55-57-60-63-66-69-75(78)81-72-73(71-80-74(77)68-65-62-59-15-12-9-6-3)82-76(79)70-67-64-61-58-56-54-52-50-48-46-44-42-39-37-35-33-31-29-27-25-23-21-19-17-14-11-8-5-2/h26,28,73H,4-25,27,29-72H2,1-3H3/b28-26-. The van der Waals surface area contributed by atoms with Gasteiger partial charge in [-0.15, -0.1) is 0 Å². The van der Waals surface area contributed by atoms with E-state index in [4.69, 9.17) is 14.2 Å². The number of hydrogen-bond acceptors (Lipinski definition) is 6. The van der Waals surface area contributed by atoms with Crippen LogP contribution in [0.3, 0.4) is 0 Å². The van der Waals surface area contributed by atoms with E-state index in [0.29, 0.717) is 19.3 Å². The molecule has 486 valence electrons. The maximum Gasteiger partial charge on any atom is 0.306 e. The Morgan fingerprint density at radius 1 is 0.232 bits per heavy atom. The van der Waals surface area contributed by atoms with Crippen molar-refractivity contribution >= 4 is 17.9 Å². The molecular weight excluding hydrogens is 1010 g/mol. The summed E-state index contributed by atoms with van der Waals surface area (Å²) in [4.78, 5) is 38.2. The smallest absolute Gasteiger partial charge is 0.306 e. The molecule has 0 aromatic heterocycles. The van der Waals surface area contributed by atoms with Crippen LogP contribution in [-0.4, -0.2) is 37.2 Å². The zero-order valence-electron chi connectivity index (χ0n) is 56.1. The summed E-state index contributed by atoms with van der Waals surface area (Å²) in [6, 6.07) is 0. The summed E-state index contributed by atoms with van der Waals surface area (Å²) in [6.07, 6.45) is 87.3. The van der Waals surface area contributed by atoms with Gasteiger partial charge in [0.05, 0.1) is 0 Å². The predicted octanol–water partition coefficient (Wildman–Crippen LogP) is 26.0. The van der Waals surface area contributed by atoms with E-state index in [9.17, 15) is 14.4 Å². The molecule has 0 amide bonds. The molecule has 0 rings (SSSR count). The molecule has 0 bridgehead atoms. The molecule has 6 nitrogen and oxygen atoms in total. The van der Waals surface area contributed by atoms with Crippen LogP contribution in [-0.2, 0) is 28.6 Å². The van der Waals surface area contributed by atoms with Crippen molar-refractivity contribution in [2.75, 3.05) is 13.2 Å². The molecule has 1 unspecified atom stereocenters. The minimum atomic E-state index is -0.764. The number of rotatable bonds is 71. The number of unbranched alkanes of at least 4 members (excludes halogenated alkanes) is 58. The zero-order valence-corrected chi connectivity index (χ0v) is 56.1. The topological polar surface area (TPSA) is 78.9 Å². The van der Waals surface area contributed by atoms with Gasteiger partial charge in [0, 0.05) is 19.3 Å². The van der Waals surface area contributed by atoms with Crippen molar-refractivity contribution in [3.05, 3.63) is 12.2 Å².